The highest BCUT2D eigenvalue weighted by Gasteiger charge is 2.30. The van der Waals surface area contributed by atoms with Gasteiger partial charge < -0.3 is 10.2 Å². The predicted octanol–water partition coefficient (Wildman–Crippen LogP) is 4.27. The third kappa shape index (κ3) is 4.46. The molecule has 0 radical (unpaired) electrons. The van der Waals surface area contributed by atoms with Crippen molar-refractivity contribution < 1.29 is 9.59 Å². The van der Waals surface area contributed by atoms with Crippen molar-refractivity contribution >= 4 is 28.5 Å². The molecular formula is C29H29N5O3. The molecule has 1 fully saturated rings. The number of amides is 2. The molecule has 8 heteroatoms. The Kier molecular flexibility index (Phi) is 6.48. The average molecular weight is 496 g/mol. The van der Waals surface area contributed by atoms with Gasteiger partial charge in [-0.1, -0.05) is 19.6 Å². The van der Waals surface area contributed by atoms with Crippen molar-refractivity contribution in [3.05, 3.63) is 101 Å². The van der Waals surface area contributed by atoms with Gasteiger partial charge >= 0.3 is 5.69 Å². The summed E-state index contributed by atoms with van der Waals surface area (Å²) in [6.07, 6.45) is 6.25. The second-order valence-electron chi connectivity index (χ2n) is 9.28. The minimum absolute atomic E-state index is 0.130. The molecule has 3 heterocycles. The standard InChI is InChI=1S/C29H29N5O3/c1-4-20-6-7-21(16-19(20)3)28(36)31-22-8-10-23(11-9-22)33-26-17-30-14-12-25(26)34(29(33)37)24-13-15-32(18-24)27(35)5-2/h5-12,14,16-17,24H,2,4,13,15,18H2,1,3H3,(H,31,36)/t24-/m1/s1. The number of benzene rings is 2. The first kappa shape index (κ1) is 24.2. The summed E-state index contributed by atoms with van der Waals surface area (Å²) in [5.74, 6) is -0.314. The van der Waals surface area contributed by atoms with E-state index in [0.29, 0.717) is 42.0 Å². The lowest BCUT2D eigenvalue weighted by Gasteiger charge is -2.15. The van der Waals surface area contributed by atoms with E-state index < -0.39 is 0 Å². The topological polar surface area (TPSA) is 89.2 Å². The molecule has 1 atom stereocenters. The number of nitrogens with one attached hydrogen (secondary N) is 1. The van der Waals surface area contributed by atoms with E-state index in [4.69, 9.17) is 0 Å². The van der Waals surface area contributed by atoms with Gasteiger partial charge in [-0.25, -0.2) is 4.79 Å². The lowest BCUT2D eigenvalue weighted by atomic mass is 10.0. The quantitative estimate of drug-likeness (QED) is 0.405. The maximum Gasteiger partial charge on any atom is 0.334 e. The zero-order valence-electron chi connectivity index (χ0n) is 21.0. The fourth-order valence-corrected chi connectivity index (χ4v) is 5.08. The van der Waals surface area contributed by atoms with Crippen LogP contribution >= 0.6 is 0 Å². The number of anilines is 1. The number of aryl methyl sites for hydroxylation is 2. The Morgan fingerprint density at radius 3 is 2.62 bits per heavy atom. The summed E-state index contributed by atoms with van der Waals surface area (Å²) < 4.78 is 3.38. The van der Waals surface area contributed by atoms with Gasteiger partial charge in [0.15, 0.2) is 0 Å². The molecule has 5 rings (SSSR count). The minimum atomic E-state index is -0.191. The second kappa shape index (κ2) is 9.89. The molecule has 1 aliphatic heterocycles. The first-order chi connectivity index (χ1) is 17.9. The Morgan fingerprint density at radius 2 is 1.92 bits per heavy atom. The van der Waals surface area contributed by atoms with Crippen molar-refractivity contribution in [2.75, 3.05) is 18.4 Å². The summed E-state index contributed by atoms with van der Waals surface area (Å²) in [5.41, 5.74) is 5.47. The molecule has 2 aromatic carbocycles. The summed E-state index contributed by atoms with van der Waals surface area (Å²) in [6, 6.07) is 14.6. The number of pyridine rings is 1. The van der Waals surface area contributed by atoms with Gasteiger partial charge in [0, 0.05) is 30.5 Å². The summed E-state index contributed by atoms with van der Waals surface area (Å²) in [5, 5.41) is 2.93. The van der Waals surface area contributed by atoms with Gasteiger partial charge in [0.05, 0.1) is 29.0 Å². The minimum Gasteiger partial charge on any atom is -0.337 e. The number of nitrogens with zero attached hydrogens (tertiary/aromatic N) is 4. The van der Waals surface area contributed by atoms with Gasteiger partial charge in [-0.3, -0.25) is 23.7 Å². The second-order valence-corrected chi connectivity index (χ2v) is 9.28. The molecule has 1 aliphatic rings. The largest absolute Gasteiger partial charge is 0.337 e. The Bertz CT molecular complexity index is 1560. The number of fused-ring (bicyclic) bond motifs is 1. The van der Waals surface area contributed by atoms with E-state index in [2.05, 4.69) is 23.8 Å². The molecule has 4 aromatic rings. The molecule has 0 bridgehead atoms. The van der Waals surface area contributed by atoms with Crippen LogP contribution in [0.3, 0.4) is 0 Å². The van der Waals surface area contributed by atoms with Crippen LogP contribution in [0, 0.1) is 6.92 Å². The van der Waals surface area contributed by atoms with E-state index in [1.807, 2.05) is 31.2 Å². The van der Waals surface area contributed by atoms with Crippen molar-refractivity contribution in [1.82, 2.24) is 19.0 Å². The average Bonchev–Trinajstić information content (AvgIpc) is 3.50. The fourth-order valence-electron chi connectivity index (χ4n) is 5.08. The Morgan fingerprint density at radius 1 is 1.14 bits per heavy atom. The highest BCUT2D eigenvalue weighted by Crippen LogP contribution is 2.27. The van der Waals surface area contributed by atoms with Gasteiger partial charge in [-0.2, -0.15) is 0 Å². The van der Waals surface area contributed by atoms with Gasteiger partial charge in [0.25, 0.3) is 5.91 Å². The normalized spacial score (nSPS) is 15.2. The van der Waals surface area contributed by atoms with Crippen LogP contribution in [-0.2, 0) is 11.2 Å². The van der Waals surface area contributed by atoms with E-state index in [0.717, 1.165) is 17.5 Å². The van der Waals surface area contributed by atoms with E-state index in [9.17, 15) is 14.4 Å². The number of aromatic nitrogens is 3. The highest BCUT2D eigenvalue weighted by molar-refractivity contribution is 6.04. The fraction of sp³-hybridized carbons (Fsp3) is 0.241. The van der Waals surface area contributed by atoms with Crippen LogP contribution in [0.1, 0.15) is 40.9 Å². The zero-order valence-corrected chi connectivity index (χ0v) is 21.0. The number of rotatable bonds is 6. The predicted molar refractivity (Wildman–Crippen MR) is 144 cm³/mol. The number of imidazole rings is 1. The molecule has 37 heavy (non-hydrogen) atoms. The molecule has 0 saturated carbocycles. The molecule has 1 N–H and O–H groups in total. The van der Waals surface area contributed by atoms with Crippen molar-refractivity contribution in [2.24, 2.45) is 0 Å². The highest BCUT2D eigenvalue weighted by atomic mass is 16.2. The SMILES string of the molecule is C=CC(=O)N1CC[C@@H](n2c(=O)n(-c3ccc(NC(=O)c4ccc(CC)c(C)c4)cc3)c3cnccc32)C1. The number of hydrogen-bond donors (Lipinski definition) is 1. The van der Waals surface area contributed by atoms with Gasteiger partial charge in [0.1, 0.15) is 0 Å². The number of carbonyl (C=O) groups is 2. The number of hydrogen-bond acceptors (Lipinski definition) is 4. The molecule has 0 aliphatic carbocycles. The van der Waals surface area contributed by atoms with Gasteiger partial charge in [-0.05, 0) is 79.4 Å². The van der Waals surface area contributed by atoms with E-state index in [-0.39, 0.29) is 23.5 Å². The van der Waals surface area contributed by atoms with Crippen LogP contribution in [0.2, 0.25) is 0 Å². The monoisotopic (exact) mass is 495 g/mol. The van der Waals surface area contributed by atoms with Gasteiger partial charge in [0.2, 0.25) is 5.91 Å². The van der Waals surface area contributed by atoms with Crippen LogP contribution < -0.4 is 11.0 Å². The van der Waals surface area contributed by atoms with Gasteiger partial charge in [-0.15, -0.1) is 0 Å². The molecular weight excluding hydrogens is 466 g/mol. The first-order valence-electron chi connectivity index (χ1n) is 12.4. The van der Waals surface area contributed by atoms with Crippen LogP contribution in [0.4, 0.5) is 5.69 Å². The number of carbonyl (C=O) groups excluding carboxylic acids is 2. The Labute approximate surface area is 214 Å². The summed E-state index contributed by atoms with van der Waals surface area (Å²) in [6.45, 7) is 8.70. The van der Waals surface area contributed by atoms with Crippen molar-refractivity contribution in [1.29, 1.82) is 0 Å². The van der Waals surface area contributed by atoms with Crippen molar-refractivity contribution in [3.63, 3.8) is 0 Å². The van der Waals surface area contributed by atoms with Crippen LogP contribution in [0.25, 0.3) is 16.7 Å². The maximum atomic E-state index is 13.7. The molecule has 2 aromatic heterocycles. The Balaban J connectivity index is 1.43. The summed E-state index contributed by atoms with van der Waals surface area (Å²) in [4.78, 5) is 44.5. The third-order valence-corrected chi connectivity index (χ3v) is 7.06. The number of likely N-dealkylation sites (tertiary alicyclic amines) is 1. The molecule has 0 unspecified atom stereocenters. The van der Waals surface area contributed by atoms with Crippen LogP contribution in [0.5, 0.6) is 0 Å². The summed E-state index contributed by atoms with van der Waals surface area (Å²) in [7, 11) is 0. The smallest absolute Gasteiger partial charge is 0.334 e. The van der Waals surface area contributed by atoms with Crippen LogP contribution in [0.15, 0.2) is 78.4 Å². The maximum absolute atomic E-state index is 13.7. The van der Waals surface area contributed by atoms with Crippen molar-refractivity contribution in [2.45, 2.75) is 32.7 Å². The molecule has 8 nitrogen and oxygen atoms in total. The van der Waals surface area contributed by atoms with E-state index in [1.165, 1.54) is 11.6 Å². The molecule has 188 valence electrons. The first-order valence-corrected chi connectivity index (χ1v) is 12.4. The lowest BCUT2D eigenvalue weighted by Crippen LogP contribution is -2.31. The summed E-state index contributed by atoms with van der Waals surface area (Å²) >= 11 is 0. The Hall–Kier alpha value is -4.46. The van der Waals surface area contributed by atoms with E-state index in [1.54, 1.807) is 50.7 Å². The van der Waals surface area contributed by atoms with Crippen molar-refractivity contribution in [3.8, 4) is 5.69 Å². The van der Waals surface area contributed by atoms with Crippen LogP contribution in [-0.4, -0.2) is 43.9 Å². The third-order valence-electron chi connectivity index (χ3n) is 7.06. The molecule has 1 saturated heterocycles. The van der Waals surface area contributed by atoms with E-state index >= 15 is 0 Å². The molecule has 0 spiro atoms. The molecule has 2 amide bonds. The lowest BCUT2D eigenvalue weighted by molar-refractivity contribution is -0.125. The zero-order chi connectivity index (χ0) is 26.1.